The van der Waals surface area contributed by atoms with Crippen molar-refractivity contribution >= 4 is 33.2 Å². The Labute approximate surface area is 189 Å². The summed E-state index contributed by atoms with van der Waals surface area (Å²) >= 11 is 6.13. The highest BCUT2D eigenvalue weighted by Gasteiger charge is 2.19. The fraction of sp³-hybridized carbons (Fsp3) is 0.286. The number of anilines is 1. The molecule has 32 heavy (non-hydrogen) atoms. The third-order valence-corrected chi connectivity index (χ3v) is 6.90. The van der Waals surface area contributed by atoms with E-state index in [1.807, 2.05) is 4.57 Å². The Balaban J connectivity index is 1.48. The number of nitrogens with one attached hydrogen (secondary N) is 2. The van der Waals surface area contributed by atoms with E-state index in [9.17, 15) is 17.6 Å². The molecule has 1 amide bonds. The zero-order valence-electron chi connectivity index (χ0n) is 17.0. The maximum atomic E-state index is 13.1. The number of sulfonamides is 1. The highest BCUT2D eigenvalue weighted by Crippen LogP contribution is 2.26. The molecular formula is C21H21ClFN5O3S. The van der Waals surface area contributed by atoms with Gasteiger partial charge in [0.15, 0.2) is 5.82 Å². The molecule has 11 heteroatoms. The number of nitrogens with zero attached hydrogens (tertiary/aromatic N) is 3. The Morgan fingerprint density at radius 1 is 1.09 bits per heavy atom. The molecule has 0 bridgehead atoms. The van der Waals surface area contributed by atoms with E-state index in [-0.39, 0.29) is 27.7 Å². The van der Waals surface area contributed by atoms with Gasteiger partial charge in [0.25, 0.3) is 15.9 Å². The maximum absolute atomic E-state index is 13.1. The van der Waals surface area contributed by atoms with Gasteiger partial charge in [-0.1, -0.05) is 18.0 Å². The van der Waals surface area contributed by atoms with Crippen LogP contribution in [0.4, 0.5) is 10.1 Å². The van der Waals surface area contributed by atoms with E-state index in [2.05, 4.69) is 20.2 Å². The zero-order valence-corrected chi connectivity index (χ0v) is 18.6. The maximum Gasteiger partial charge on any atom is 0.261 e. The monoisotopic (exact) mass is 477 g/mol. The van der Waals surface area contributed by atoms with Crippen molar-refractivity contribution in [3.05, 3.63) is 70.5 Å². The van der Waals surface area contributed by atoms with E-state index in [1.165, 1.54) is 18.2 Å². The molecule has 1 aromatic heterocycles. The van der Waals surface area contributed by atoms with Crippen LogP contribution in [-0.2, 0) is 29.5 Å². The highest BCUT2D eigenvalue weighted by atomic mass is 35.5. The number of carbonyl (C=O) groups is 1. The van der Waals surface area contributed by atoms with Gasteiger partial charge in [0.2, 0.25) is 0 Å². The lowest BCUT2D eigenvalue weighted by molar-refractivity contribution is 0.0949. The fourth-order valence-electron chi connectivity index (χ4n) is 3.50. The quantitative estimate of drug-likeness (QED) is 0.565. The van der Waals surface area contributed by atoms with Gasteiger partial charge in [-0.2, -0.15) is 0 Å². The summed E-state index contributed by atoms with van der Waals surface area (Å²) in [6, 6.07) is 8.66. The molecule has 0 saturated carbocycles. The lowest BCUT2D eigenvalue weighted by Gasteiger charge is -2.12. The molecule has 0 atom stereocenters. The first kappa shape index (κ1) is 22.2. The number of fused-ring (bicyclic) bond motifs is 1. The lowest BCUT2D eigenvalue weighted by Crippen LogP contribution is -2.25. The summed E-state index contributed by atoms with van der Waals surface area (Å²) in [4.78, 5) is 12.6. The van der Waals surface area contributed by atoms with Crippen LogP contribution in [-0.4, -0.2) is 29.1 Å². The number of amides is 1. The molecule has 0 aliphatic carbocycles. The van der Waals surface area contributed by atoms with Crippen molar-refractivity contribution < 1.29 is 17.6 Å². The summed E-state index contributed by atoms with van der Waals surface area (Å²) < 4.78 is 42.7. The number of halogens is 2. The molecule has 0 saturated heterocycles. The van der Waals surface area contributed by atoms with Gasteiger partial charge in [-0.15, -0.1) is 10.2 Å². The number of aromatic nitrogens is 3. The molecule has 2 aromatic carbocycles. The molecule has 0 radical (unpaired) electrons. The third kappa shape index (κ3) is 4.91. The molecule has 2 N–H and O–H groups in total. The van der Waals surface area contributed by atoms with Gasteiger partial charge in [-0.05, 0) is 55.3 Å². The van der Waals surface area contributed by atoms with Crippen molar-refractivity contribution in [1.82, 2.24) is 20.1 Å². The van der Waals surface area contributed by atoms with Crippen LogP contribution in [0.25, 0.3) is 0 Å². The first-order valence-electron chi connectivity index (χ1n) is 10.1. The number of hydrogen-bond donors (Lipinski definition) is 2. The van der Waals surface area contributed by atoms with Gasteiger partial charge in [0, 0.05) is 18.5 Å². The predicted octanol–water partition coefficient (Wildman–Crippen LogP) is 3.53. The smallest absolute Gasteiger partial charge is 0.261 e. The topological polar surface area (TPSA) is 106 Å². The van der Waals surface area contributed by atoms with Crippen molar-refractivity contribution in [1.29, 1.82) is 0 Å². The summed E-state index contributed by atoms with van der Waals surface area (Å²) in [5.41, 5.74) is 0.266. The molecule has 1 aliphatic heterocycles. The van der Waals surface area contributed by atoms with Gasteiger partial charge in [-0.3, -0.25) is 9.52 Å². The van der Waals surface area contributed by atoms with E-state index < -0.39 is 21.7 Å². The Kier molecular flexibility index (Phi) is 6.43. The van der Waals surface area contributed by atoms with Crippen LogP contribution in [0.3, 0.4) is 0 Å². The van der Waals surface area contributed by atoms with Crippen LogP contribution in [0.1, 0.15) is 41.3 Å². The summed E-state index contributed by atoms with van der Waals surface area (Å²) in [5.74, 6) is 0.650. The molecule has 0 spiro atoms. The summed E-state index contributed by atoms with van der Waals surface area (Å²) in [6.45, 7) is 1.02. The second kappa shape index (κ2) is 9.25. The first-order chi connectivity index (χ1) is 15.3. The van der Waals surface area contributed by atoms with Gasteiger partial charge in [-0.25, -0.2) is 12.8 Å². The van der Waals surface area contributed by atoms with Crippen molar-refractivity contribution in [2.45, 2.75) is 43.7 Å². The third-order valence-electron chi connectivity index (χ3n) is 5.19. The Bertz CT molecular complexity index is 1240. The number of benzene rings is 2. The summed E-state index contributed by atoms with van der Waals surface area (Å²) in [7, 11) is -4.01. The predicted molar refractivity (Wildman–Crippen MR) is 117 cm³/mol. The Morgan fingerprint density at radius 2 is 1.88 bits per heavy atom. The Morgan fingerprint density at radius 3 is 2.66 bits per heavy atom. The minimum Gasteiger partial charge on any atom is -0.345 e. The highest BCUT2D eigenvalue weighted by molar-refractivity contribution is 7.92. The lowest BCUT2D eigenvalue weighted by atomic mass is 10.2. The van der Waals surface area contributed by atoms with Crippen molar-refractivity contribution in [3.63, 3.8) is 0 Å². The van der Waals surface area contributed by atoms with Gasteiger partial charge in [0.05, 0.1) is 22.2 Å². The summed E-state index contributed by atoms with van der Waals surface area (Å²) in [5, 5.41) is 11.3. The summed E-state index contributed by atoms with van der Waals surface area (Å²) in [6.07, 6.45) is 4.12. The molecule has 0 fully saturated rings. The molecule has 1 aliphatic rings. The van der Waals surface area contributed by atoms with E-state index >= 15 is 0 Å². The van der Waals surface area contributed by atoms with Crippen LogP contribution in [0.2, 0.25) is 5.02 Å². The van der Waals surface area contributed by atoms with Crippen LogP contribution in [0.5, 0.6) is 0 Å². The van der Waals surface area contributed by atoms with Gasteiger partial charge in [0.1, 0.15) is 11.6 Å². The van der Waals surface area contributed by atoms with Crippen molar-refractivity contribution in [2.24, 2.45) is 0 Å². The SMILES string of the molecule is O=C(NCc1nnc2n1CCCCC2)c1ccc(Cl)c(NS(=O)(=O)c2ccc(F)cc2)c1. The number of carbonyl (C=O) groups excluding carboxylic acids is 1. The van der Waals surface area contributed by atoms with E-state index in [0.29, 0.717) is 5.82 Å². The second-order valence-electron chi connectivity index (χ2n) is 7.43. The van der Waals surface area contributed by atoms with E-state index in [4.69, 9.17) is 11.6 Å². The molecule has 3 aromatic rings. The molecule has 8 nitrogen and oxygen atoms in total. The van der Waals surface area contributed by atoms with Crippen LogP contribution in [0.15, 0.2) is 47.4 Å². The van der Waals surface area contributed by atoms with Crippen LogP contribution in [0, 0.1) is 5.82 Å². The van der Waals surface area contributed by atoms with E-state index in [0.717, 1.165) is 62.3 Å². The molecule has 0 unspecified atom stereocenters. The average Bonchev–Trinajstić information content (AvgIpc) is 2.99. The zero-order chi connectivity index (χ0) is 22.7. The number of rotatable bonds is 6. The van der Waals surface area contributed by atoms with Crippen molar-refractivity contribution in [2.75, 3.05) is 4.72 Å². The average molecular weight is 478 g/mol. The standard InChI is InChI=1S/C21H21ClFN5O3S/c22-17-10-5-14(12-18(17)27-32(30,31)16-8-6-15(23)7-9-16)21(29)24-13-20-26-25-19-4-2-1-3-11-28(19)20/h5-10,12,27H,1-4,11,13H2,(H,24,29). The Hall–Kier alpha value is -2.98. The van der Waals surface area contributed by atoms with Crippen molar-refractivity contribution in [3.8, 4) is 0 Å². The first-order valence-corrected chi connectivity index (χ1v) is 12.0. The number of hydrogen-bond acceptors (Lipinski definition) is 5. The molecule has 2 heterocycles. The number of aryl methyl sites for hydroxylation is 1. The van der Waals surface area contributed by atoms with E-state index in [1.54, 1.807) is 0 Å². The molecule has 168 valence electrons. The van der Waals surface area contributed by atoms with Gasteiger partial charge < -0.3 is 9.88 Å². The van der Waals surface area contributed by atoms with Crippen LogP contribution >= 0.6 is 11.6 Å². The largest absolute Gasteiger partial charge is 0.345 e. The molecule has 4 rings (SSSR count). The normalized spacial score (nSPS) is 13.8. The fourth-order valence-corrected chi connectivity index (χ4v) is 4.79. The second-order valence-corrected chi connectivity index (χ2v) is 9.52. The van der Waals surface area contributed by atoms with Crippen LogP contribution < -0.4 is 10.0 Å². The minimum atomic E-state index is -4.01. The minimum absolute atomic E-state index is 0.0417. The van der Waals surface area contributed by atoms with Gasteiger partial charge >= 0.3 is 0 Å². The molecular weight excluding hydrogens is 457 g/mol.